The predicted octanol–water partition coefficient (Wildman–Crippen LogP) is 2.01. The van der Waals surface area contributed by atoms with Gasteiger partial charge < -0.3 is 5.73 Å². The summed E-state index contributed by atoms with van der Waals surface area (Å²) < 4.78 is 0. The van der Waals surface area contributed by atoms with Gasteiger partial charge in [-0.2, -0.15) is 0 Å². The maximum atomic E-state index is 5.54. The second kappa shape index (κ2) is 2.74. The lowest BCUT2D eigenvalue weighted by atomic mass is 10.2. The van der Waals surface area contributed by atoms with Gasteiger partial charge in [0, 0.05) is 11.6 Å². The summed E-state index contributed by atoms with van der Waals surface area (Å²) in [5.74, 6) is 0.556. The lowest BCUT2D eigenvalue weighted by molar-refractivity contribution is 1.41. The third-order valence-corrected chi connectivity index (χ3v) is 1.44. The van der Waals surface area contributed by atoms with Crippen LogP contribution in [0.3, 0.4) is 0 Å². The standard InChI is InChI=1S/C7H8ClN/c8-5-6-1-3-7(9)4-2-6/h1-4H,5,9H2. The Morgan fingerprint density at radius 1 is 1.22 bits per heavy atom. The molecule has 0 amide bonds. The van der Waals surface area contributed by atoms with E-state index in [1.165, 1.54) is 0 Å². The number of nitrogens with two attached hydrogens (primary N) is 1. The Kier molecular flexibility index (Phi) is 1.96. The SMILES string of the molecule is Nc1ccc(CCl)cc1. The summed E-state index contributed by atoms with van der Waals surface area (Å²) in [6, 6.07) is 7.53. The number of hydrogen-bond acceptors (Lipinski definition) is 1. The minimum Gasteiger partial charge on any atom is -0.399 e. The molecule has 1 aromatic rings. The van der Waals surface area contributed by atoms with Gasteiger partial charge in [0.15, 0.2) is 0 Å². The molecule has 48 valence electrons. The number of rotatable bonds is 1. The Bertz CT molecular complexity index is 181. The quantitative estimate of drug-likeness (QED) is 0.470. The lowest BCUT2D eigenvalue weighted by Crippen LogP contribution is -1.83. The van der Waals surface area contributed by atoms with Crippen molar-refractivity contribution in [3.63, 3.8) is 0 Å². The van der Waals surface area contributed by atoms with E-state index in [0.29, 0.717) is 5.88 Å². The zero-order valence-electron chi connectivity index (χ0n) is 4.97. The van der Waals surface area contributed by atoms with Crippen molar-refractivity contribution in [1.29, 1.82) is 0 Å². The fourth-order valence-electron chi connectivity index (χ4n) is 0.607. The summed E-state index contributed by atoms with van der Waals surface area (Å²) in [7, 11) is 0. The summed E-state index contributed by atoms with van der Waals surface area (Å²) in [6.45, 7) is 0. The Balaban J connectivity index is 2.88. The van der Waals surface area contributed by atoms with Crippen LogP contribution in [-0.4, -0.2) is 0 Å². The molecule has 0 fully saturated rings. The molecule has 1 rings (SSSR count). The van der Waals surface area contributed by atoms with Gasteiger partial charge in [-0.3, -0.25) is 0 Å². The van der Waals surface area contributed by atoms with Crippen molar-refractivity contribution in [2.24, 2.45) is 0 Å². The molecule has 2 N–H and O–H groups in total. The number of hydrogen-bond donors (Lipinski definition) is 1. The molecule has 0 aliphatic rings. The molecule has 0 atom stereocenters. The van der Waals surface area contributed by atoms with Crippen molar-refractivity contribution in [3.8, 4) is 0 Å². The topological polar surface area (TPSA) is 26.0 Å². The van der Waals surface area contributed by atoms with Crippen LogP contribution in [0, 0.1) is 0 Å². The van der Waals surface area contributed by atoms with E-state index in [1.807, 2.05) is 24.3 Å². The van der Waals surface area contributed by atoms with E-state index in [1.54, 1.807) is 0 Å². The van der Waals surface area contributed by atoms with Gasteiger partial charge in [-0.15, -0.1) is 11.6 Å². The summed E-state index contributed by atoms with van der Waals surface area (Å²) in [5.41, 5.74) is 7.32. The second-order valence-electron chi connectivity index (χ2n) is 1.88. The summed E-state index contributed by atoms with van der Waals surface area (Å²) in [6.07, 6.45) is 0. The van der Waals surface area contributed by atoms with Crippen molar-refractivity contribution < 1.29 is 0 Å². The van der Waals surface area contributed by atoms with Gasteiger partial charge in [0.05, 0.1) is 0 Å². The highest BCUT2D eigenvalue weighted by atomic mass is 35.5. The monoisotopic (exact) mass is 141 g/mol. The fraction of sp³-hybridized carbons (Fsp3) is 0.143. The predicted molar refractivity (Wildman–Crippen MR) is 40.4 cm³/mol. The molecule has 0 radical (unpaired) electrons. The van der Waals surface area contributed by atoms with Gasteiger partial charge in [0.2, 0.25) is 0 Å². The molecule has 0 bridgehead atoms. The summed E-state index contributed by atoms with van der Waals surface area (Å²) in [4.78, 5) is 0. The van der Waals surface area contributed by atoms with Gasteiger partial charge in [-0.05, 0) is 17.7 Å². The van der Waals surface area contributed by atoms with Crippen LogP contribution in [-0.2, 0) is 5.88 Å². The van der Waals surface area contributed by atoms with E-state index in [9.17, 15) is 0 Å². The van der Waals surface area contributed by atoms with Gasteiger partial charge in [0.25, 0.3) is 0 Å². The number of nitrogen functional groups attached to an aromatic ring is 1. The Hall–Kier alpha value is -0.690. The van der Waals surface area contributed by atoms with E-state index in [4.69, 9.17) is 17.3 Å². The molecule has 0 saturated carbocycles. The molecule has 2 heteroatoms. The molecule has 0 heterocycles. The molecule has 0 saturated heterocycles. The first-order valence-corrected chi connectivity index (χ1v) is 3.27. The van der Waals surface area contributed by atoms with Crippen LogP contribution in [0.2, 0.25) is 0 Å². The second-order valence-corrected chi connectivity index (χ2v) is 2.14. The van der Waals surface area contributed by atoms with Crippen LogP contribution in [0.5, 0.6) is 0 Å². The highest BCUT2D eigenvalue weighted by Crippen LogP contribution is 2.06. The third-order valence-electron chi connectivity index (χ3n) is 1.13. The molecule has 1 aromatic carbocycles. The number of anilines is 1. The maximum Gasteiger partial charge on any atom is 0.0474 e. The van der Waals surface area contributed by atoms with Gasteiger partial charge in [-0.1, -0.05) is 12.1 Å². The number of halogens is 1. The Morgan fingerprint density at radius 2 is 1.78 bits per heavy atom. The molecular formula is C7H8ClN. The van der Waals surface area contributed by atoms with Crippen LogP contribution < -0.4 is 5.73 Å². The van der Waals surface area contributed by atoms with E-state index >= 15 is 0 Å². The summed E-state index contributed by atoms with van der Waals surface area (Å²) >= 11 is 5.54. The van der Waals surface area contributed by atoms with Crippen LogP contribution in [0.25, 0.3) is 0 Å². The van der Waals surface area contributed by atoms with E-state index < -0.39 is 0 Å². The fourth-order valence-corrected chi connectivity index (χ4v) is 0.785. The van der Waals surface area contributed by atoms with Crippen LogP contribution in [0.1, 0.15) is 5.56 Å². The van der Waals surface area contributed by atoms with E-state index in [0.717, 1.165) is 11.3 Å². The van der Waals surface area contributed by atoms with Crippen LogP contribution >= 0.6 is 11.6 Å². The Morgan fingerprint density at radius 3 is 2.22 bits per heavy atom. The molecule has 0 spiro atoms. The van der Waals surface area contributed by atoms with Crippen molar-refractivity contribution >= 4 is 17.3 Å². The van der Waals surface area contributed by atoms with Gasteiger partial charge in [-0.25, -0.2) is 0 Å². The number of benzene rings is 1. The molecule has 0 unspecified atom stereocenters. The first-order valence-electron chi connectivity index (χ1n) is 2.73. The third kappa shape index (κ3) is 1.61. The molecule has 1 nitrogen and oxygen atoms in total. The van der Waals surface area contributed by atoms with Gasteiger partial charge in [0.1, 0.15) is 0 Å². The first-order chi connectivity index (χ1) is 4.33. The first kappa shape index (κ1) is 6.43. The number of alkyl halides is 1. The van der Waals surface area contributed by atoms with Crippen LogP contribution in [0.4, 0.5) is 5.69 Å². The maximum absolute atomic E-state index is 5.54. The van der Waals surface area contributed by atoms with Crippen LogP contribution in [0.15, 0.2) is 24.3 Å². The zero-order chi connectivity index (χ0) is 6.69. The molecular weight excluding hydrogens is 134 g/mol. The van der Waals surface area contributed by atoms with E-state index in [-0.39, 0.29) is 0 Å². The minimum absolute atomic E-state index is 0.556. The molecule has 0 aliphatic heterocycles. The van der Waals surface area contributed by atoms with Crippen molar-refractivity contribution in [2.75, 3.05) is 5.73 Å². The summed E-state index contributed by atoms with van der Waals surface area (Å²) in [5, 5.41) is 0. The van der Waals surface area contributed by atoms with Crippen molar-refractivity contribution in [1.82, 2.24) is 0 Å². The normalized spacial score (nSPS) is 9.44. The minimum atomic E-state index is 0.556. The Labute approximate surface area is 59.4 Å². The average Bonchev–Trinajstić information content (AvgIpc) is 1.90. The smallest absolute Gasteiger partial charge is 0.0474 e. The average molecular weight is 142 g/mol. The van der Waals surface area contributed by atoms with Gasteiger partial charge >= 0.3 is 0 Å². The van der Waals surface area contributed by atoms with Crippen molar-refractivity contribution in [3.05, 3.63) is 29.8 Å². The highest BCUT2D eigenvalue weighted by Gasteiger charge is 1.86. The molecule has 9 heavy (non-hydrogen) atoms. The lowest BCUT2D eigenvalue weighted by Gasteiger charge is -1.93. The largest absolute Gasteiger partial charge is 0.399 e. The van der Waals surface area contributed by atoms with E-state index in [2.05, 4.69) is 0 Å². The molecule has 0 aromatic heterocycles. The van der Waals surface area contributed by atoms with Crippen molar-refractivity contribution in [2.45, 2.75) is 5.88 Å². The highest BCUT2D eigenvalue weighted by molar-refractivity contribution is 6.17. The zero-order valence-corrected chi connectivity index (χ0v) is 5.73. The molecule has 0 aliphatic carbocycles.